The number of carbonyl (C=O) groups excluding carboxylic acids is 1. The summed E-state index contributed by atoms with van der Waals surface area (Å²) >= 11 is 0. The van der Waals surface area contributed by atoms with E-state index < -0.39 is 6.43 Å². The average Bonchev–Trinajstić information content (AvgIpc) is 3.71. The van der Waals surface area contributed by atoms with Crippen molar-refractivity contribution in [1.82, 2.24) is 25.2 Å². The Balaban J connectivity index is 1.02. The van der Waals surface area contributed by atoms with E-state index in [-0.39, 0.29) is 28.8 Å². The van der Waals surface area contributed by atoms with E-state index in [9.17, 15) is 13.6 Å². The highest BCUT2D eigenvalue weighted by molar-refractivity contribution is 5.87. The number of pyridine rings is 1. The zero-order valence-electron chi connectivity index (χ0n) is 24.9. The molecule has 5 fully saturated rings. The fourth-order valence-electron chi connectivity index (χ4n) is 8.41. The molecule has 1 N–H and O–H groups in total. The Hall–Kier alpha value is -3.02. The van der Waals surface area contributed by atoms with Crippen LogP contribution < -0.4 is 15.2 Å². The van der Waals surface area contributed by atoms with E-state index >= 15 is 0 Å². The van der Waals surface area contributed by atoms with Crippen LogP contribution in [0.5, 0.6) is 0 Å². The summed E-state index contributed by atoms with van der Waals surface area (Å²) in [7, 11) is 0. The molecule has 43 heavy (non-hydrogen) atoms. The number of amides is 1. The highest BCUT2D eigenvalue weighted by atomic mass is 19.3. The summed E-state index contributed by atoms with van der Waals surface area (Å²) in [6.45, 7) is 12.6. The van der Waals surface area contributed by atoms with Gasteiger partial charge in [0.05, 0.1) is 23.5 Å². The molecule has 7 heterocycles. The highest BCUT2D eigenvalue weighted by Crippen LogP contribution is 2.54. The van der Waals surface area contributed by atoms with E-state index in [0.717, 1.165) is 70.6 Å². The molecule has 0 bridgehead atoms. The normalized spacial score (nSPS) is 29.0. The van der Waals surface area contributed by atoms with Crippen molar-refractivity contribution in [2.75, 3.05) is 68.8 Å². The van der Waals surface area contributed by atoms with Crippen LogP contribution in [-0.4, -0.2) is 108 Å². The first kappa shape index (κ1) is 27.5. The topological polar surface area (TPSA) is 67.4 Å². The lowest BCUT2D eigenvalue weighted by Gasteiger charge is -2.55. The third-order valence-electron chi connectivity index (χ3n) is 11.1. The number of hydrogen-bond donors (Lipinski definition) is 1. The summed E-state index contributed by atoms with van der Waals surface area (Å²) in [5.41, 5.74) is 7.37. The van der Waals surface area contributed by atoms with Crippen LogP contribution in [0.2, 0.25) is 0 Å². The van der Waals surface area contributed by atoms with E-state index in [1.165, 1.54) is 17.3 Å². The van der Waals surface area contributed by atoms with Gasteiger partial charge in [0.15, 0.2) is 0 Å². The molecule has 6 aliphatic heterocycles. The van der Waals surface area contributed by atoms with Crippen LogP contribution in [-0.2, 0) is 9.53 Å². The van der Waals surface area contributed by atoms with Crippen molar-refractivity contribution < 1.29 is 18.3 Å². The maximum atomic E-state index is 14.5. The number of alkyl halides is 2. The van der Waals surface area contributed by atoms with Crippen LogP contribution in [0.3, 0.4) is 0 Å². The van der Waals surface area contributed by atoms with Gasteiger partial charge in [0.2, 0.25) is 5.91 Å². The molecule has 0 radical (unpaired) electrons. The molecule has 1 aromatic heterocycles. The van der Waals surface area contributed by atoms with Crippen molar-refractivity contribution in [2.45, 2.75) is 68.7 Å². The van der Waals surface area contributed by atoms with Gasteiger partial charge < -0.3 is 24.4 Å². The largest absolute Gasteiger partial charge is 0.366 e. The Morgan fingerprint density at radius 1 is 1.14 bits per heavy atom. The summed E-state index contributed by atoms with van der Waals surface area (Å²) in [6, 6.07) is 2.59. The Morgan fingerprint density at radius 3 is 2.60 bits per heavy atom. The Kier molecular flexibility index (Phi) is 6.40. The van der Waals surface area contributed by atoms with E-state index in [4.69, 9.17) is 4.74 Å². The number of fused-ring (bicyclic) bond motifs is 6. The summed E-state index contributed by atoms with van der Waals surface area (Å²) < 4.78 is 35.7. The number of rotatable bonds is 4. The third kappa shape index (κ3) is 4.25. The Labute approximate surface area is 251 Å². The second kappa shape index (κ2) is 10.0. The quantitative estimate of drug-likeness (QED) is 0.534. The lowest BCUT2D eigenvalue weighted by atomic mass is 9.83. The summed E-state index contributed by atoms with van der Waals surface area (Å²) in [6.07, 6.45) is 7.36. The lowest BCUT2D eigenvalue weighted by Crippen LogP contribution is -2.69. The molecular weight excluding hydrogens is 552 g/mol. The van der Waals surface area contributed by atoms with Gasteiger partial charge >= 0.3 is 0 Å². The van der Waals surface area contributed by atoms with E-state index in [1.54, 1.807) is 0 Å². The molecule has 0 aromatic carbocycles. The van der Waals surface area contributed by atoms with Gasteiger partial charge in [-0.25, -0.2) is 19.2 Å². The Morgan fingerprint density at radius 2 is 1.91 bits per heavy atom. The molecule has 2 unspecified atom stereocenters. The van der Waals surface area contributed by atoms with Gasteiger partial charge in [0.25, 0.3) is 6.43 Å². The molecule has 1 saturated carbocycles. The fraction of sp³-hybridized carbons (Fsp3) is 0.625. The first-order chi connectivity index (χ1) is 20.8. The number of aromatic nitrogens is 1. The minimum absolute atomic E-state index is 0.0182. The van der Waals surface area contributed by atoms with Gasteiger partial charge in [-0.3, -0.25) is 9.69 Å². The summed E-state index contributed by atoms with van der Waals surface area (Å²) in [5.74, 6) is 0.620. The van der Waals surface area contributed by atoms with E-state index in [1.807, 2.05) is 23.1 Å². The predicted octanol–water partition coefficient (Wildman–Crippen LogP) is 3.32. The van der Waals surface area contributed by atoms with Gasteiger partial charge in [-0.05, 0) is 50.7 Å². The molecule has 1 aliphatic carbocycles. The van der Waals surface area contributed by atoms with Crippen molar-refractivity contribution in [1.29, 1.82) is 0 Å². The van der Waals surface area contributed by atoms with Crippen LogP contribution in [0.25, 0.3) is 6.08 Å². The van der Waals surface area contributed by atoms with Crippen molar-refractivity contribution in [3.8, 4) is 0 Å². The molecule has 230 valence electrons. The number of ether oxygens (including phenoxy) is 1. The van der Waals surface area contributed by atoms with Crippen LogP contribution in [0.15, 0.2) is 36.1 Å². The zero-order valence-corrected chi connectivity index (χ0v) is 24.9. The van der Waals surface area contributed by atoms with Crippen LogP contribution >= 0.6 is 0 Å². The number of halogens is 2. The molecular formula is C32H41F2N7O2. The van der Waals surface area contributed by atoms with Gasteiger partial charge in [-0.1, -0.05) is 18.7 Å². The molecule has 8 rings (SSSR count). The standard InChI is InChI=1S/C32H41F2N7O2/c1-3-27(42)39-15-13-37(14-16-39)25-19-40-23(25)6-4-5-22-24(40)17-26(36-28(22)30(33)34)38-11-9-32(10-12-38)29-21(2)18-35-41(29)31(7-8-31)20-43-32/h3-5,17,23,25,30,35H,1,6-16,18-20H2,2H3. The molecule has 2 atom stereocenters. The van der Waals surface area contributed by atoms with Crippen molar-refractivity contribution in [3.05, 3.63) is 47.3 Å². The van der Waals surface area contributed by atoms with Crippen molar-refractivity contribution in [3.63, 3.8) is 0 Å². The van der Waals surface area contributed by atoms with Gasteiger partial charge in [0.1, 0.15) is 17.1 Å². The van der Waals surface area contributed by atoms with Crippen molar-refractivity contribution in [2.24, 2.45) is 0 Å². The maximum Gasteiger partial charge on any atom is 0.281 e. The number of nitrogens with zero attached hydrogens (tertiary/aromatic N) is 6. The molecule has 2 spiro atoms. The number of anilines is 2. The number of hydrazine groups is 1. The fourth-order valence-corrected chi connectivity index (χ4v) is 8.41. The monoisotopic (exact) mass is 593 g/mol. The number of morpholine rings is 1. The maximum absolute atomic E-state index is 14.5. The summed E-state index contributed by atoms with van der Waals surface area (Å²) in [5, 5.41) is 2.42. The molecule has 4 saturated heterocycles. The van der Waals surface area contributed by atoms with Crippen LogP contribution in [0.1, 0.15) is 56.7 Å². The van der Waals surface area contributed by atoms with Crippen molar-refractivity contribution >= 4 is 23.5 Å². The number of piperazine rings is 1. The minimum atomic E-state index is -2.65. The Bertz CT molecular complexity index is 1390. The smallest absolute Gasteiger partial charge is 0.281 e. The number of nitrogens with one attached hydrogen (secondary N) is 1. The molecule has 1 aromatic rings. The van der Waals surface area contributed by atoms with E-state index in [2.05, 4.69) is 43.6 Å². The second-order valence-corrected chi connectivity index (χ2v) is 13.4. The van der Waals surface area contributed by atoms with E-state index in [0.29, 0.717) is 43.6 Å². The first-order valence-electron chi connectivity index (χ1n) is 15.9. The zero-order chi connectivity index (χ0) is 29.5. The van der Waals surface area contributed by atoms with Gasteiger partial charge in [-0.2, -0.15) is 0 Å². The SMILES string of the molecule is C=CC(=O)N1CCN(C2CN3c4cc(N5CCC6(CC5)OCC5(CC5)N5NCC(C)=C56)nc(C(F)F)c4C=CCC23)CC1. The first-order valence-corrected chi connectivity index (χ1v) is 15.9. The van der Waals surface area contributed by atoms with Crippen LogP contribution in [0, 0.1) is 0 Å². The van der Waals surface area contributed by atoms with Gasteiger partial charge in [0, 0.05) is 76.1 Å². The lowest BCUT2D eigenvalue weighted by molar-refractivity contribution is -0.128. The second-order valence-electron chi connectivity index (χ2n) is 13.4. The predicted molar refractivity (Wildman–Crippen MR) is 161 cm³/mol. The highest BCUT2D eigenvalue weighted by Gasteiger charge is 2.60. The summed E-state index contributed by atoms with van der Waals surface area (Å²) in [4.78, 5) is 25.4. The van der Waals surface area contributed by atoms with Gasteiger partial charge in [-0.15, -0.1) is 0 Å². The molecule has 9 nitrogen and oxygen atoms in total. The average molecular weight is 594 g/mol. The van der Waals surface area contributed by atoms with Crippen LogP contribution in [0.4, 0.5) is 20.3 Å². The number of piperidine rings is 1. The molecule has 7 aliphatic rings. The minimum Gasteiger partial charge on any atom is -0.366 e. The molecule has 1 amide bonds. The molecule has 11 heteroatoms. The number of hydrogen-bond acceptors (Lipinski definition) is 8. The third-order valence-corrected chi connectivity index (χ3v) is 11.1. The number of carbonyl (C=O) groups is 1.